The third-order valence-corrected chi connectivity index (χ3v) is 4.38. The van der Waals surface area contributed by atoms with Crippen molar-refractivity contribution < 1.29 is 9.18 Å². The van der Waals surface area contributed by atoms with E-state index in [0.717, 1.165) is 19.5 Å². The molecule has 0 unspecified atom stereocenters. The summed E-state index contributed by atoms with van der Waals surface area (Å²) in [5, 5.41) is 0. The molecule has 1 aliphatic rings. The van der Waals surface area contributed by atoms with Gasteiger partial charge in [0.2, 0.25) is 0 Å². The second kappa shape index (κ2) is 6.82. The van der Waals surface area contributed by atoms with Gasteiger partial charge in [-0.2, -0.15) is 0 Å². The van der Waals surface area contributed by atoms with Crippen molar-refractivity contribution >= 4 is 11.6 Å². The highest BCUT2D eigenvalue weighted by molar-refractivity contribution is 5.94. The second-order valence-electron chi connectivity index (χ2n) is 5.78. The average Bonchev–Trinajstić information content (AvgIpc) is 2.62. The zero-order chi connectivity index (χ0) is 16.2. The summed E-state index contributed by atoms with van der Waals surface area (Å²) in [6.07, 6.45) is 1.03. The Balaban J connectivity index is 1.64. The van der Waals surface area contributed by atoms with Crippen LogP contribution in [0.5, 0.6) is 0 Å². The molecule has 120 valence electrons. The lowest BCUT2D eigenvalue weighted by Crippen LogP contribution is -2.49. The lowest BCUT2D eigenvalue weighted by molar-refractivity contribution is 0.0742. The molecule has 2 aromatic rings. The van der Waals surface area contributed by atoms with Crippen LogP contribution >= 0.6 is 0 Å². The largest absolute Gasteiger partial charge is 0.368 e. The number of hydrogen-bond acceptors (Lipinski definition) is 2. The number of halogens is 1. The van der Waals surface area contributed by atoms with Crippen molar-refractivity contribution in [2.24, 2.45) is 0 Å². The summed E-state index contributed by atoms with van der Waals surface area (Å²) in [5.41, 5.74) is 2.66. The predicted molar refractivity (Wildman–Crippen MR) is 90.3 cm³/mol. The van der Waals surface area contributed by atoms with Crippen LogP contribution < -0.4 is 4.90 Å². The first-order chi connectivity index (χ1) is 11.2. The fourth-order valence-corrected chi connectivity index (χ4v) is 2.92. The highest BCUT2D eigenvalue weighted by Gasteiger charge is 2.23. The van der Waals surface area contributed by atoms with E-state index in [1.807, 2.05) is 0 Å². The maximum Gasteiger partial charge on any atom is 0.256 e. The van der Waals surface area contributed by atoms with E-state index in [1.54, 1.807) is 23.1 Å². The number of piperazine rings is 1. The molecule has 1 fully saturated rings. The van der Waals surface area contributed by atoms with Gasteiger partial charge in [0.25, 0.3) is 5.91 Å². The highest BCUT2D eigenvalue weighted by atomic mass is 19.1. The van der Waals surface area contributed by atoms with Crippen LogP contribution in [0.4, 0.5) is 10.1 Å². The summed E-state index contributed by atoms with van der Waals surface area (Å²) in [4.78, 5) is 16.4. The smallest absolute Gasteiger partial charge is 0.256 e. The van der Waals surface area contributed by atoms with Crippen molar-refractivity contribution in [3.8, 4) is 0 Å². The molecule has 4 heteroatoms. The first-order valence-corrected chi connectivity index (χ1v) is 8.06. The van der Waals surface area contributed by atoms with Gasteiger partial charge in [0, 0.05) is 31.9 Å². The van der Waals surface area contributed by atoms with Crippen LogP contribution in [0.15, 0.2) is 48.5 Å². The summed E-state index contributed by atoms with van der Waals surface area (Å²) in [5.74, 6) is -0.667. The number of nitrogens with zero attached hydrogens (tertiary/aromatic N) is 2. The Kier molecular flexibility index (Phi) is 4.60. The summed E-state index contributed by atoms with van der Waals surface area (Å²) in [6.45, 7) is 4.91. The van der Waals surface area contributed by atoms with Crippen LogP contribution in [0.2, 0.25) is 0 Å². The Morgan fingerprint density at radius 3 is 2.26 bits per heavy atom. The molecule has 0 saturated carbocycles. The van der Waals surface area contributed by atoms with Crippen molar-refractivity contribution in [2.75, 3.05) is 31.1 Å². The van der Waals surface area contributed by atoms with E-state index in [2.05, 4.69) is 36.1 Å². The van der Waals surface area contributed by atoms with Crippen LogP contribution in [-0.2, 0) is 6.42 Å². The fourth-order valence-electron chi connectivity index (χ4n) is 2.92. The maximum absolute atomic E-state index is 13.8. The van der Waals surface area contributed by atoms with Gasteiger partial charge in [-0.25, -0.2) is 4.39 Å². The van der Waals surface area contributed by atoms with Crippen LogP contribution in [-0.4, -0.2) is 37.0 Å². The van der Waals surface area contributed by atoms with E-state index in [-0.39, 0.29) is 11.5 Å². The van der Waals surface area contributed by atoms with E-state index in [9.17, 15) is 9.18 Å². The number of amides is 1. The molecule has 0 atom stereocenters. The lowest BCUT2D eigenvalue weighted by Gasteiger charge is -2.36. The number of hydrogen-bond donors (Lipinski definition) is 0. The number of benzene rings is 2. The van der Waals surface area contributed by atoms with Gasteiger partial charge >= 0.3 is 0 Å². The predicted octanol–water partition coefficient (Wildman–Crippen LogP) is 3.35. The minimum atomic E-state index is -0.449. The van der Waals surface area contributed by atoms with Crippen molar-refractivity contribution in [1.82, 2.24) is 4.90 Å². The lowest BCUT2D eigenvalue weighted by atomic mass is 10.1. The Morgan fingerprint density at radius 1 is 1.00 bits per heavy atom. The SMILES string of the molecule is CCc1ccc(N2CCN(C(=O)c3ccccc3F)CC2)cc1. The van der Waals surface area contributed by atoms with Crippen LogP contribution in [0.3, 0.4) is 0 Å². The third kappa shape index (κ3) is 3.36. The van der Waals surface area contributed by atoms with E-state index in [0.29, 0.717) is 13.1 Å². The van der Waals surface area contributed by atoms with Crippen LogP contribution in [0.25, 0.3) is 0 Å². The van der Waals surface area contributed by atoms with Gasteiger partial charge in [0.1, 0.15) is 5.82 Å². The molecule has 3 nitrogen and oxygen atoms in total. The third-order valence-electron chi connectivity index (χ3n) is 4.38. The zero-order valence-corrected chi connectivity index (χ0v) is 13.3. The highest BCUT2D eigenvalue weighted by Crippen LogP contribution is 2.19. The molecule has 0 aliphatic carbocycles. The first kappa shape index (κ1) is 15.5. The normalized spacial score (nSPS) is 14.9. The van der Waals surface area contributed by atoms with Gasteiger partial charge in [0.15, 0.2) is 0 Å². The molecule has 23 heavy (non-hydrogen) atoms. The summed E-state index contributed by atoms with van der Waals surface area (Å²) in [6, 6.07) is 14.7. The number of carbonyl (C=O) groups excluding carboxylic acids is 1. The van der Waals surface area contributed by atoms with Crippen molar-refractivity contribution in [3.05, 3.63) is 65.5 Å². The average molecular weight is 312 g/mol. The second-order valence-corrected chi connectivity index (χ2v) is 5.78. The maximum atomic E-state index is 13.8. The summed E-state index contributed by atoms with van der Waals surface area (Å²) >= 11 is 0. The fraction of sp³-hybridized carbons (Fsp3) is 0.316. The zero-order valence-electron chi connectivity index (χ0n) is 13.3. The molecule has 0 aromatic heterocycles. The minimum absolute atomic E-state index is 0.160. The van der Waals surface area contributed by atoms with Gasteiger partial charge in [-0.1, -0.05) is 31.2 Å². The molecule has 3 rings (SSSR count). The number of aryl methyl sites for hydroxylation is 1. The Hall–Kier alpha value is -2.36. The molecule has 1 aliphatic heterocycles. The monoisotopic (exact) mass is 312 g/mol. The molecule has 1 amide bonds. The Labute approximate surface area is 136 Å². The topological polar surface area (TPSA) is 23.6 Å². The van der Waals surface area contributed by atoms with E-state index < -0.39 is 5.82 Å². The molecular formula is C19H21FN2O. The number of carbonyl (C=O) groups is 1. The van der Waals surface area contributed by atoms with Gasteiger partial charge in [0.05, 0.1) is 5.56 Å². The first-order valence-electron chi connectivity index (χ1n) is 8.06. The summed E-state index contributed by atoms with van der Waals surface area (Å²) in [7, 11) is 0. The van der Waals surface area contributed by atoms with Gasteiger partial charge in [-0.3, -0.25) is 4.79 Å². The van der Waals surface area contributed by atoms with Crippen molar-refractivity contribution in [2.45, 2.75) is 13.3 Å². The molecule has 0 bridgehead atoms. The molecule has 0 N–H and O–H groups in total. The molecule has 1 heterocycles. The van der Waals surface area contributed by atoms with E-state index in [4.69, 9.17) is 0 Å². The van der Waals surface area contributed by atoms with E-state index >= 15 is 0 Å². The number of rotatable bonds is 3. The molecule has 0 spiro atoms. The van der Waals surface area contributed by atoms with Crippen LogP contribution in [0, 0.1) is 5.82 Å². The Bertz CT molecular complexity index is 676. The van der Waals surface area contributed by atoms with E-state index in [1.165, 1.54) is 17.3 Å². The van der Waals surface area contributed by atoms with Crippen LogP contribution in [0.1, 0.15) is 22.8 Å². The standard InChI is InChI=1S/C19H21FN2O/c1-2-15-7-9-16(10-8-15)21-11-13-22(14-12-21)19(23)17-5-3-4-6-18(17)20/h3-10H,2,11-14H2,1H3. The molecule has 2 aromatic carbocycles. The molecule has 0 radical (unpaired) electrons. The Morgan fingerprint density at radius 2 is 1.65 bits per heavy atom. The minimum Gasteiger partial charge on any atom is -0.368 e. The van der Waals surface area contributed by atoms with Gasteiger partial charge in [-0.05, 0) is 36.2 Å². The van der Waals surface area contributed by atoms with Crippen molar-refractivity contribution in [1.29, 1.82) is 0 Å². The molecular weight excluding hydrogens is 291 g/mol. The summed E-state index contributed by atoms with van der Waals surface area (Å²) < 4.78 is 13.8. The van der Waals surface area contributed by atoms with Gasteiger partial charge in [-0.15, -0.1) is 0 Å². The molecule has 1 saturated heterocycles. The quantitative estimate of drug-likeness (QED) is 0.868. The van der Waals surface area contributed by atoms with Gasteiger partial charge < -0.3 is 9.80 Å². The number of anilines is 1. The van der Waals surface area contributed by atoms with Crippen molar-refractivity contribution in [3.63, 3.8) is 0 Å².